The van der Waals surface area contributed by atoms with Gasteiger partial charge in [0.15, 0.2) is 5.16 Å². The highest BCUT2D eigenvalue weighted by Gasteiger charge is 2.29. The fourth-order valence-electron chi connectivity index (χ4n) is 1.95. The third-order valence-corrected chi connectivity index (χ3v) is 4.12. The number of carbonyl (C=O) groups excluding carboxylic acids is 1. The summed E-state index contributed by atoms with van der Waals surface area (Å²) in [6.07, 6.45) is 1.96. The molecule has 21 heavy (non-hydrogen) atoms. The number of aromatic nitrogens is 3. The molecule has 1 aliphatic carbocycles. The Hall–Kier alpha value is -1.57. The van der Waals surface area contributed by atoms with Crippen molar-refractivity contribution in [2.24, 2.45) is 5.92 Å². The van der Waals surface area contributed by atoms with Crippen LogP contribution in [0.2, 0.25) is 0 Å². The summed E-state index contributed by atoms with van der Waals surface area (Å²) in [5.74, 6) is 0.359. The second-order valence-electron chi connectivity index (χ2n) is 5.39. The third kappa shape index (κ3) is 4.45. The number of nitrogens with zero attached hydrogens (tertiary/aromatic N) is 3. The summed E-state index contributed by atoms with van der Waals surface area (Å²) < 4.78 is 1.89. The molecule has 0 saturated heterocycles. The van der Waals surface area contributed by atoms with Crippen LogP contribution in [-0.2, 0) is 16.1 Å². The van der Waals surface area contributed by atoms with Crippen LogP contribution < -0.4 is 5.32 Å². The highest BCUT2D eigenvalue weighted by Crippen LogP contribution is 2.28. The van der Waals surface area contributed by atoms with Crippen molar-refractivity contribution in [1.82, 2.24) is 20.1 Å². The van der Waals surface area contributed by atoms with Gasteiger partial charge in [-0.2, -0.15) is 0 Å². The minimum absolute atomic E-state index is 0.0509. The van der Waals surface area contributed by atoms with E-state index in [1.54, 1.807) is 0 Å². The quantitative estimate of drug-likeness (QED) is 0.698. The van der Waals surface area contributed by atoms with Gasteiger partial charge in [-0.3, -0.25) is 9.59 Å². The number of carbonyl (C=O) groups is 2. The van der Waals surface area contributed by atoms with Gasteiger partial charge in [0.1, 0.15) is 5.82 Å². The number of hydrogen-bond acceptors (Lipinski definition) is 5. The molecule has 0 spiro atoms. The number of hydrogen-bond donors (Lipinski definition) is 2. The zero-order valence-electron chi connectivity index (χ0n) is 12.2. The molecule has 0 bridgehead atoms. The number of nitrogens with one attached hydrogen (secondary N) is 1. The molecule has 1 amide bonds. The molecule has 0 radical (unpaired) electrons. The van der Waals surface area contributed by atoms with Crippen molar-refractivity contribution in [3.8, 4) is 0 Å². The summed E-state index contributed by atoms with van der Waals surface area (Å²) in [6.45, 7) is 5.08. The second-order valence-corrected chi connectivity index (χ2v) is 6.34. The Morgan fingerprint density at radius 3 is 2.71 bits per heavy atom. The molecule has 1 heterocycles. The van der Waals surface area contributed by atoms with Crippen LogP contribution in [0.25, 0.3) is 0 Å². The lowest BCUT2D eigenvalue weighted by Crippen LogP contribution is -2.29. The van der Waals surface area contributed by atoms with Crippen LogP contribution in [0, 0.1) is 5.92 Å². The number of amides is 1. The Balaban J connectivity index is 1.97. The van der Waals surface area contributed by atoms with Crippen LogP contribution >= 0.6 is 11.8 Å². The largest absolute Gasteiger partial charge is 0.481 e. The monoisotopic (exact) mass is 312 g/mol. The van der Waals surface area contributed by atoms with Gasteiger partial charge in [0, 0.05) is 24.9 Å². The summed E-state index contributed by atoms with van der Waals surface area (Å²) in [5, 5.41) is 20.4. The molecule has 1 aromatic rings. The Bertz CT molecular complexity index is 525. The first-order valence-corrected chi connectivity index (χ1v) is 8.03. The number of carboxylic acids is 1. The lowest BCUT2D eigenvalue weighted by molar-refractivity contribution is -0.134. The van der Waals surface area contributed by atoms with E-state index in [1.165, 1.54) is 0 Å². The molecule has 2 rings (SSSR count). The van der Waals surface area contributed by atoms with Crippen molar-refractivity contribution in [3.05, 3.63) is 5.82 Å². The number of aliphatic carboxylic acids is 1. The van der Waals surface area contributed by atoms with Crippen LogP contribution in [-0.4, -0.2) is 44.0 Å². The van der Waals surface area contributed by atoms with Crippen LogP contribution in [0.3, 0.4) is 0 Å². The molecule has 0 aromatic carbocycles. The summed E-state index contributed by atoms with van der Waals surface area (Å²) in [4.78, 5) is 22.3. The smallest absolute Gasteiger partial charge is 0.313 e. The molecule has 1 aromatic heterocycles. The highest BCUT2D eigenvalue weighted by molar-refractivity contribution is 7.99. The van der Waals surface area contributed by atoms with Crippen molar-refractivity contribution in [2.45, 2.75) is 44.3 Å². The van der Waals surface area contributed by atoms with E-state index in [9.17, 15) is 9.59 Å². The molecule has 116 valence electrons. The van der Waals surface area contributed by atoms with Crippen LogP contribution in [0.4, 0.5) is 0 Å². The van der Waals surface area contributed by atoms with Crippen LogP contribution in [0.15, 0.2) is 5.16 Å². The zero-order chi connectivity index (χ0) is 15.4. The van der Waals surface area contributed by atoms with E-state index in [4.69, 9.17) is 5.11 Å². The fraction of sp³-hybridized carbons (Fsp3) is 0.692. The van der Waals surface area contributed by atoms with Gasteiger partial charge < -0.3 is 15.0 Å². The zero-order valence-corrected chi connectivity index (χ0v) is 13.0. The van der Waals surface area contributed by atoms with E-state index < -0.39 is 5.97 Å². The lowest BCUT2D eigenvalue weighted by Gasteiger charge is -2.12. The SMILES string of the molecule is CC(C)c1nnc(SCC(=O)O)n1CCNC(=O)C1CC1. The summed E-state index contributed by atoms with van der Waals surface area (Å²) >= 11 is 1.15. The fourth-order valence-corrected chi connectivity index (χ4v) is 2.64. The summed E-state index contributed by atoms with van der Waals surface area (Å²) in [6, 6.07) is 0. The Labute approximate surface area is 127 Å². The normalized spacial score (nSPS) is 14.4. The number of thioether (sulfide) groups is 1. The average molecular weight is 312 g/mol. The van der Waals surface area contributed by atoms with Crippen molar-refractivity contribution in [3.63, 3.8) is 0 Å². The molecular weight excluding hydrogens is 292 g/mol. The van der Waals surface area contributed by atoms with Crippen LogP contribution in [0.5, 0.6) is 0 Å². The molecule has 0 unspecified atom stereocenters. The second kappa shape index (κ2) is 6.93. The topological polar surface area (TPSA) is 97.1 Å². The van der Waals surface area contributed by atoms with Gasteiger partial charge in [0.2, 0.25) is 5.91 Å². The minimum Gasteiger partial charge on any atom is -0.481 e. The van der Waals surface area contributed by atoms with Gasteiger partial charge in [-0.1, -0.05) is 25.6 Å². The lowest BCUT2D eigenvalue weighted by atomic mass is 10.2. The number of carboxylic acid groups (broad SMARTS) is 1. The van der Waals surface area contributed by atoms with E-state index in [-0.39, 0.29) is 23.5 Å². The predicted molar refractivity (Wildman–Crippen MR) is 78.2 cm³/mol. The first kappa shape index (κ1) is 15.8. The first-order chi connectivity index (χ1) is 9.99. The molecule has 0 atom stereocenters. The maximum Gasteiger partial charge on any atom is 0.313 e. The molecule has 7 nitrogen and oxygen atoms in total. The molecular formula is C13H20N4O3S. The van der Waals surface area contributed by atoms with Crippen LogP contribution in [0.1, 0.15) is 38.4 Å². The Morgan fingerprint density at radius 2 is 2.14 bits per heavy atom. The summed E-state index contributed by atoms with van der Waals surface area (Å²) in [7, 11) is 0. The van der Waals surface area contributed by atoms with E-state index in [1.807, 2.05) is 18.4 Å². The van der Waals surface area contributed by atoms with Gasteiger partial charge in [-0.05, 0) is 12.8 Å². The Morgan fingerprint density at radius 1 is 1.43 bits per heavy atom. The first-order valence-electron chi connectivity index (χ1n) is 7.04. The van der Waals surface area contributed by atoms with E-state index >= 15 is 0 Å². The van der Waals surface area contributed by atoms with E-state index in [2.05, 4.69) is 15.5 Å². The standard InChI is InChI=1S/C13H20N4O3S/c1-8(2)11-15-16-13(21-7-10(18)19)17(11)6-5-14-12(20)9-3-4-9/h8-9H,3-7H2,1-2H3,(H,14,20)(H,18,19). The van der Waals surface area contributed by atoms with Gasteiger partial charge >= 0.3 is 5.97 Å². The van der Waals surface area contributed by atoms with Gasteiger partial charge in [-0.25, -0.2) is 0 Å². The van der Waals surface area contributed by atoms with E-state index in [0.29, 0.717) is 18.2 Å². The van der Waals surface area contributed by atoms with Gasteiger partial charge in [0.25, 0.3) is 0 Å². The Kier molecular flexibility index (Phi) is 5.22. The average Bonchev–Trinajstić information content (AvgIpc) is 3.18. The molecule has 2 N–H and O–H groups in total. The molecule has 0 aliphatic heterocycles. The maximum atomic E-state index is 11.6. The van der Waals surface area contributed by atoms with Crippen molar-refractivity contribution >= 4 is 23.6 Å². The highest BCUT2D eigenvalue weighted by atomic mass is 32.2. The van der Waals surface area contributed by atoms with Crippen molar-refractivity contribution < 1.29 is 14.7 Å². The molecule has 8 heteroatoms. The molecule has 1 fully saturated rings. The van der Waals surface area contributed by atoms with E-state index in [0.717, 1.165) is 30.4 Å². The van der Waals surface area contributed by atoms with Crippen molar-refractivity contribution in [1.29, 1.82) is 0 Å². The summed E-state index contributed by atoms with van der Waals surface area (Å²) in [5.41, 5.74) is 0. The maximum absolute atomic E-state index is 11.6. The molecule has 1 aliphatic rings. The predicted octanol–water partition coefficient (Wildman–Crippen LogP) is 1.10. The minimum atomic E-state index is -0.886. The third-order valence-electron chi connectivity index (χ3n) is 3.17. The number of rotatable bonds is 8. The van der Waals surface area contributed by atoms with Crippen molar-refractivity contribution in [2.75, 3.05) is 12.3 Å². The van der Waals surface area contributed by atoms with Gasteiger partial charge in [0.05, 0.1) is 5.75 Å². The van der Waals surface area contributed by atoms with Gasteiger partial charge in [-0.15, -0.1) is 10.2 Å². The molecule has 1 saturated carbocycles.